The number of carbonyl (C=O) groups is 1. The van der Waals surface area contributed by atoms with Gasteiger partial charge in [0.2, 0.25) is 0 Å². The van der Waals surface area contributed by atoms with E-state index in [9.17, 15) is 4.79 Å². The molecule has 0 aromatic carbocycles. The van der Waals surface area contributed by atoms with Crippen LogP contribution in [0.25, 0.3) is 0 Å². The third-order valence-corrected chi connectivity index (χ3v) is 1.75. The molecule has 0 saturated heterocycles. The van der Waals surface area contributed by atoms with Crippen molar-refractivity contribution in [3.05, 3.63) is 0 Å². The van der Waals surface area contributed by atoms with E-state index in [1.54, 1.807) is 0 Å². The molecule has 4 heteroatoms. The first-order valence-corrected chi connectivity index (χ1v) is 3.95. The summed E-state index contributed by atoms with van der Waals surface area (Å²) in [6, 6.07) is 0. The fourth-order valence-corrected chi connectivity index (χ4v) is 0.953. The van der Waals surface area contributed by atoms with E-state index in [0.29, 0.717) is 0 Å². The predicted molar refractivity (Wildman–Crippen MR) is 48.2 cm³/mol. The Bertz CT molecular complexity index is 109. The quantitative estimate of drug-likeness (QED) is 0.735. The molecule has 0 bridgehead atoms. The average Bonchev–Trinajstić information content (AvgIpc) is 1.89. The minimum absolute atomic E-state index is 0. The van der Waals surface area contributed by atoms with Gasteiger partial charge in [-0.05, 0) is 12.8 Å². The van der Waals surface area contributed by atoms with Crippen molar-refractivity contribution in [2.24, 2.45) is 5.92 Å². The Morgan fingerprint density at radius 1 is 1.42 bits per heavy atom. The first-order valence-electron chi connectivity index (χ1n) is 3.95. The summed E-state index contributed by atoms with van der Waals surface area (Å²) >= 11 is 0. The molecular formula is C8H17ClO2Ti. The molecule has 0 aliphatic heterocycles. The maximum absolute atomic E-state index is 10.4. The van der Waals surface area contributed by atoms with Crippen molar-refractivity contribution in [1.82, 2.24) is 0 Å². The summed E-state index contributed by atoms with van der Waals surface area (Å²) in [4.78, 5) is 10.4. The van der Waals surface area contributed by atoms with Gasteiger partial charge in [-0.3, -0.25) is 4.79 Å². The third kappa shape index (κ3) is 8.57. The second-order valence-corrected chi connectivity index (χ2v) is 2.59. The third-order valence-electron chi connectivity index (χ3n) is 1.75. The summed E-state index contributed by atoms with van der Waals surface area (Å²) in [5.74, 6) is -0.754. The van der Waals surface area contributed by atoms with Crippen LogP contribution in [-0.4, -0.2) is 11.1 Å². The van der Waals surface area contributed by atoms with Gasteiger partial charge in [0, 0.05) is 21.7 Å². The number of rotatable bonds is 5. The molecular weight excluding hydrogens is 211 g/mol. The van der Waals surface area contributed by atoms with E-state index in [1.165, 1.54) is 0 Å². The SMILES string of the molecule is CCCCC(CC)C(=O)O.Cl.[Ti]. The zero-order valence-corrected chi connectivity index (χ0v) is 10.0. The molecule has 0 aliphatic rings. The monoisotopic (exact) mass is 228 g/mol. The topological polar surface area (TPSA) is 37.3 Å². The molecule has 12 heavy (non-hydrogen) atoms. The van der Waals surface area contributed by atoms with Gasteiger partial charge >= 0.3 is 5.97 Å². The van der Waals surface area contributed by atoms with Crippen molar-refractivity contribution in [3.63, 3.8) is 0 Å². The molecule has 0 spiro atoms. The Morgan fingerprint density at radius 3 is 2.17 bits per heavy atom. The molecule has 1 atom stereocenters. The molecule has 0 saturated carbocycles. The zero-order valence-electron chi connectivity index (χ0n) is 7.67. The summed E-state index contributed by atoms with van der Waals surface area (Å²) < 4.78 is 0. The molecule has 72 valence electrons. The molecule has 0 heterocycles. The molecule has 0 aliphatic carbocycles. The van der Waals surface area contributed by atoms with Crippen molar-refractivity contribution in [3.8, 4) is 0 Å². The minimum Gasteiger partial charge on any atom is -0.481 e. The van der Waals surface area contributed by atoms with Crippen LogP contribution in [0, 0.1) is 5.92 Å². The first-order chi connectivity index (χ1) is 4.72. The minimum atomic E-state index is -0.643. The van der Waals surface area contributed by atoms with Gasteiger partial charge in [-0.25, -0.2) is 0 Å². The van der Waals surface area contributed by atoms with Gasteiger partial charge < -0.3 is 5.11 Å². The maximum atomic E-state index is 10.4. The van der Waals surface area contributed by atoms with E-state index >= 15 is 0 Å². The smallest absolute Gasteiger partial charge is 0.306 e. The molecule has 2 nitrogen and oxygen atoms in total. The van der Waals surface area contributed by atoms with E-state index in [0.717, 1.165) is 25.7 Å². The number of carboxylic acid groups (broad SMARTS) is 1. The van der Waals surface area contributed by atoms with E-state index in [1.807, 2.05) is 6.92 Å². The Hall–Kier alpha value is 0.474. The first kappa shape index (κ1) is 18.3. The summed E-state index contributed by atoms with van der Waals surface area (Å²) in [6.45, 7) is 4.00. The Labute approximate surface area is 95.4 Å². The van der Waals surface area contributed by atoms with Crippen molar-refractivity contribution >= 4 is 18.4 Å². The van der Waals surface area contributed by atoms with Gasteiger partial charge in [0.15, 0.2) is 0 Å². The maximum Gasteiger partial charge on any atom is 0.306 e. The summed E-state index contributed by atoms with van der Waals surface area (Å²) in [7, 11) is 0. The van der Waals surface area contributed by atoms with Crippen LogP contribution in [0.15, 0.2) is 0 Å². The van der Waals surface area contributed by atoms with Gasteiger partial charge in [0.25, 0.3) is 0 Å². The summed E-state index contributed by atoms with van der Waals surface area (Å²) in [5.41, 5.74) is 0. The van der Waals surface area contributed by atoms with Crippen LogP contribution in [0.4, 0.5) is 0 Å². The number of hydrogen-bond donors (Lipinski definition) is 1. The molecule has 0 radical (unpaired) electrons. The standard InChI is InChI=1S/C8H16O2.ClH.Ti/c1-3-5-6-7(4-2)8(9)10;;/h7H,3-6H2,1-2H3,(H,9,10);1H;. The van der Waals surface area contributed by atoms with Crippen LogP contribution < -0.4 is 0 Å². The molecule has 1 N–H and O–H groups in total. The van der Waals surface area contributed by atoms with E-state index < -0.39 is 5.97 Å². The van der Waals surface area contributed by atoms with Gasteiger partial charge in [-0.1, -0.05) is 26.7 Å². The second kappa shape index (κ2) is 11.5. The number of carboxylic acids is 1. The summed E-state index contributed by atoms with van der Waals surface area (Å²) in [5, 5.41) is 8.60. The van der Waals surface area contributed by atoms with Gasteiger partial charge in [-0.15, -0.1) is 12.4 Å². The van der Waals surface area contributed by atoms with Crippen molar-refractivity contribution in [2.45, 2.75) is 39.5 Å². The van der Waals surface area contributed by atoms with Crippen molar-refractivity contribution < 1.29 is 31.6 Å². The molecule has 1 unspecified atom stereocenters. The van der Waals surface area contributed by atoms with Gasteiger partial charge in [0.05, 0.1) is 5.92 Å². The Balaban J connectivity index is -0.000000405. The van der Waals surface area contributed by atoms with E-state index in [2.05, 4.69) is 6.92 Å². The van der Waals surface area contributed by atoms with Crippen LogP contribution in [0.3, 0.4) is 0 Å². The van der Waals surface area contributed by atoms with E-state index in [-0.39, 0.29) is 40.0 Å². The predicted octanol–water partition coefficient (Wildman–Crippen LogP) is 2.71. The van der Waals surface area contributed by atoms with E-state index in [4.69, 9.17) is 5.11 Å². The zero-order chi connectivity index (χ0) is 7.98. The molecule has 0 aromatic rings. The number of unbranched alkanes of at least 4 members (excludes halogenated alkanes) is 1. The molecule has 0 amide bonds. The average molecular weight is 229 g/mol. The van der Waals surface area contributed by atoms with Crippen LogP contribution in [0.5, 0.6) is 0 Å². The Kier molecular flexibility index (Phi) is 17.5. The second-order valence-electron chi connectivity index (χ2n) is 2.59. The fraction of sp³-hybridized carbons (Fsp3) is 0.875. The van der Waals surface area contributed by atoms with Crippen LogP contribution in [-0.2, 0) is 26.5 Å². The Morgan fingerprint density at radius 2 is 1.92 bits per heavy atom. The molecule has 0 fully saturated rings. The van der Waals surface area contributed by atoms with Crippen LogP contribution >= 0.6 is 12.4 Å². The number of hydrogen-bond acceptors (Lipinski definition) is 1. The van der Waals surface area contributed by atoms with Crippen molar-refractivity contribution in [1.29, 1.82) is 0 Å². The largest absolute Gasteiger partial charge is 0.481 e. The number of aliphatic carboxylic acids is 1. The van der Waals surface area contributed by atoms with Crippen molar-refractivity contribution in [2.75, 3.05) is 0 Å². The molecule has 0 rings (SSSR count). The van der Waals surface area contributed by atoms with Crippen LogP contribution in [0.1, 0.15) is 39.5 Å². The van der Waals surface area contributed by atoms with Gasteiger partial charge in [-0.2, -0.15) is 0 Å². The van der Waals surface area contributed by atoms with Crippen LogP contribution in [0.2, 0.25) is 0 Å². The van der Waals surface area contributed by atoms with Gasteiger partial charge in [0.1, 0.15) is 0 Å². The normalized spacial score (nSPS) is 10.8. The summed E-state index contributed by atoms with van der Waals surface area (Å²) in [6.07, 6.45) is 3.71. The number of halogens is 1. The molecule has 0 aromatic heterocycles. The fourth-order valence-electron chi connectivity index (χ4n) is 0.953.